The average Bonchev–Trinajstić information content (AvgIpc) is 2.63. The lowest BCUT2D eigenvalue weighted by Gasteiger charge is -2.49. The van der Waals surface area contributed by atoms with Crippen LogP contribution in [-0.4, -0.2) is 48.4 Å². The molecule has 4 aliphatic rings. The van der Waals surface area contributed by atoms with Crippen LogP contribution in [0.15, 0.2) is 0 Å². The molecule has 0 aromatic rings. The summed E-state index contributed by atoms with van der Waals surface area (Å²) in [4.78, 5) is 2.47. The van der Waals surface area contributed by atoms with Gasteiger partial charge in [0.1, 0.15) is 0 Å². The first kappa shape index (κ1) is 9.58. The monoisotopic (exact) mass is 261 g/mol. The Labute approximate surface area is 92.9 Å². The van der Waals surface area contributed by atoms with Gasteiger partial charge in [-0.3, -0.25) is 4.90 Å². The first-order valence-corrected chi connectivity index (χ1v) is 6.55. The van der Waals surface area contributed by atoms with Crippen LogP contribution in [0.2, 0.25) is 0 Å². The first-order valence-electron chi connectivity index (χ1n) is 5.42. The second-order valence-electron chi connectivity index (χ2n) is 4.57. The van der Waals surface area contributed by atoms with E-state index in [-0.39, 0.29) is 11.9 Å². The Morgan fingerprint density at radius 1 is 1.36 bits per heavy atom. The Kier molecular flexibility index (Phi) is 2.35. The Morgan fingerprint density at radius 2 is 2.14 bits per heavy atom. The van der Waals surface area contributed by atoms with Crippen molar-refractivity contribution in [2.75, 3.05) is 31.6 Å². The molecule has 4 heterocycles. The fourth-order valence-electron chi connectivity index (χ4n) is 2.93. The number of nitrogens with zero attached hydrogens (tertiary/aromatic N) is 1. The van der Waals surface area contributed by atoms with E-state index in [2.05, 4.69) is 20.8 Å². The van der Waals surface area contributed by atoms with Crippen LogP contribution in [0.25, 0.3) is 0 Å². The largest absolute Gasteiger partial charge is 0.346 e. The number of fused-ring (bicyclic) bond motifs is 2. The van der Waals surface area contributed by atoms with Crippen molar-refractivity contribution in [3.63, 3.8) is 0 Å². The molecule has 2 bridgehead atoms. The number of halogens is 1. The van der Waals surface area contributed by atoms with Gasteiger partial charge < -0.3 is 9.47 Å². The maximum absolute atomic E-state index is 6.06. The van der Waals surface area contributed by atoms with Crippen molar-refractivity contribution >= 4 is 15.9 Å². The van der Waals surface area contributed by atoms with Crippen molar-refractivity contribution in [1.82, 2.24) is 4.90 Å². The highest BCUT2D eigenvalue weighted by molar-refractivity contribution is 9.09. The average molecular weight is 262 g/mol. The molecule has 4 saturated heterocycles. The predicted octanol–water partition coefficient (Wildman–Crippen LogP) is 1.22. The van der Waals surface area contributed by atoms with Crippen molar-refractivity contribution in [2.45, 2.75) is 24.7 Å². The number of piperidine rings is 3. The molecule has 0 N–H and O–H groups in total. The zero-order valence-electron chi connectivity index (χ0n) is 8.25. The van der Waals surface area contributed by atoms with Crippen molar-refractivity contribution in [3.8, 4) is 0 Å². The maximum Gasteiger partial charge on any atom is 0.184 e. The van der Waals surface area contributed by atoms with Crippen LogP contribution in [0.5, 0.6) is 0 Å². The van der Waals surface area contributed by atoms with Crippen LogP contribution in [0, 0.1) is 5.92 Å². The standard InChI is InChI=1S/C10H16BrNO2/c11-5-9-6-13-10(14-9)7-12-3-1-8(10)2-4-12/h8-9H,1-7H2. The lowest BCUT2D eigenvalue weighted by atomic mass is 9.83. The Hall–Kier alpha value is 0.360. The molecule has 2 unspecified atom stereocenters. The van der Waals surface area contributed by atoms with Crippen LogP contribution >= 0.6 is 15.9 Å². The van der Waals surface area contributed by atoms with Gasteiger partial charge in [-0.25, -0.2) is 0 Å². The van der Waals surface area contributed by atoms with Gasteiger partial charge in [-0.05, 0) is 25.9 Å². The molecule has 0 aromatic carbocycles. The van der Waals surface area contributed by atoms with E-state index < -0.39 is 0 Å². The maximum atomic E-state index is 6.06. The number of hydrogen-bond donors (Lipinski definition) is 0. The summed E-state index contributed by atoms with van der Waals surface area (Å²) in [7, 11) is 0. The minimum Gasteiger partial charge on any atom is -0.346 e. The van der Waals surface area contributed by atoms with Crippen LogP contribution in [0.3, 0.4) is 0 Å². The lowest BCUT2D eigenvalue weighted by molar-refractivity contribution is -0.249. The highest BCUT2D eigenvalue weighted by Gasteiger charge is 2.53. The third-order valence-electron chi connectivity index (χ3n) is 3.71. The highest BCUT2D eigenvalue weighted by atomic mass is 79.9. The quantitative estimate of drug-likeness (QED) is 0.663. The second-order valence-corrected chi connectivity index (χ2v) is 5.21. The van der Waals surface area contributed by atoms with Crippen molar-refractivity contribution in [3.05, 3.63) is 0 Å². The van der Waals surface area contributed by atoms with Crippen molar-refractivity contribution in [1.29, 1.82) is 0 Å². The summed E-state index contributed by atoms with van der Waals surface area (Å²) in [5, 5.41) is 0.890. The van der Waals surface area contributed by atoms with E-state index in [1.54, 1.807) is 0 Å². The van der Waals surface area contributed by atoms with Crippen LogP contribution in [0.1, 0.15) is 12.8 Å². The van der Waals surface area contributed by atoms with E-state index in [1.165, 1.54) is 25.9 Å². The third-order valence-corrected chi connectivity index (χ3v) is 4.43. The Morgan fingerprint density at radius 3 is 2.64 bits per heavy atom. The van der Waals surface area contributed by atoms with E-state index in [0.717, 1.165) is 18.5 Å². The molecule has 4 fully saturated rings. The smallest absolute Gasteiger partial charge is 0.184 e. The molecule has 2 atom stereocenters. The van der Waals surface area contributed by atoms with Gasteiger partial charge in [-0.1, -0.05) is 15.9 Å². The molecule has 4 aliphatic heterocycles. The van der Waals surface area contributed by atoms with Gasteiger partial charge in [-0.15, -0.1) is 0 Å². The summed E-state index contributed by atoms with van der Waals surface area (Å²) in [5.41, 5.74) is 0. The van der Waals surface area contributed by atoms with Gasteiger partial charge in [0.2, 0.25) is 0 Å². The minimum absolute atomic E-state index is 0.241. The molecule has 4 heteroatoms. The summed E-state index contributed by atoms with van der Waals surface area (Å²) < 4.78 is 12.0. The zero-order chi connectivity index (χ0) is 9.60. The van der Waals surface area contributed by atoms with E-state index >= 15 is 0 Å². The summed E-state index contributed by atoms with van der Waals surface area (Å²) in [6.07, 6.45) is 2.75. The normalized spacial score (nSPS) is 51.6. The fraction of sp³-hybridized carbons (Fsp3) is 1.00. The molecule has 3 nitrogen and oxygen atoms in total. The second kappa shape index (κ2) is 3.44. The molecular formula is C10H16BrNO2. The SMILES string of the molecule is BrCC1COC2(CN3CCC2CC3)O1. The molecule has 0 saturated carbocycles. The number of hydrogen-bond acceptors (Lipinski definition) is 3. The third kappa shape index (κ3) is 1.35. The summed E-state index contributed by atoms with van der Waals surface area (Å²) in [6.45, 7) is 4.22. The van der Waals surface area contributed by atoms with Crippen molar-refractivity contribution in [2.24, 2.45) is 5.92 Å². The molecule has 14 heavy (non-hydrogen) atoms. The molecular weight excluding hydrogens is 246 g/mol. The summed E-state index contributed by atoms with van der Waals surface area (Å²) in [5.74, 6) is 0.395. The van der Waals surface area contributed by atoms with Gasteiger partial charge >= 0.3 is 0 Å². The van der Waals surface area contributed by atoms with E-state index in [4.69, 9.17) is 9.47 Å². The molecule has 0 radical (unpaired) electrons. The van der Waals surface area contributed by atoms with E-state index in [9.17, 15) is 0 Å². The first-order chi connectivity index (χ1) is 6.82. The summed E-state index contributed by atoms with van der Waals surface area (Å²) in [6, 6.07) is 0. The molecule has 4 rings (SSSR count). The topological polar surface area (TPSA) is 21.7 Å². The van der Waals surface area contributed by atoms with Crippen LogP contribution < -0.4 is 0 Å². The predicted molar refractivity (Wildman–Crippen MR) is 56.5 cm³/mol. The van der Waals surface area contributed by atoms with Gasteiger partial charge in [0, 0.05) is 11.2 Å². The molecule has 0 aromatic heterocycles. The molecule has 0 aliphatic carbocycles. The fourth-order valence-corrected chi connectivity index (χ4v) is 3.25. The zero-order valence-corrected chi connectivity index (χ0v) is 9.83. The molecule has 80 valence electrons. The van der Waals surface area contributed by atoms with Crippen LogP contribution in [0.4, 0.5) is 0 Å². The van der Waals surface area contributed by atoms with Crippen LogP contribution in [-0.2, 0) is 9.47 Å². The van der Waals surface area contributed by atoms with Crippen molar-refractivity contribution < 1.29 is 9.47 Å². The minimum atomic E-state index is -0.241. The van der Waals surface area contributed by atoms with Gasteiger partial charge in [0.15, 0.2) is 5.79 Å². The number of alkyl halides is 1. The van der Waals surface area contributed by atoms with Gasteiger partial charge in [0.05, 0.1) is 19.3 Å². The van der Waals surface area contributed by atoms with Gasteiger partial charge in [0.25, 0.3) is 0 Å². The van der Waals surface area contributed by atoms with E-state index in [1.807, 2.05) is 0 Å². The Bertz CT molecular complexity index is 230. The van der Waals surface area contributed by atoms with Gasteiger partial charge in [-0.2, -0.15) is 0 Å². The number of rotatable bonds is 1. The Balaban J connectivity index is 1.78. The molecule has 0 amide bonds. The molecule has 1 spiro atoms. The summed E-state index contributed by atoms with van der Waals surface area (Å²) >= 11 is 3.46. The van der Waals surface area contributed by atoms with E-state index in [0.29, 0.717) is 5.92 Å². The highest BCUT2D eigenvalue weighted by Crippen LogP contribution is 2.42. The number of ether oxygens (including phenoxy) is 2. The lowest BCUT2D eigenvalue weighted by Crippen LogP contribution is -2.59.